The zero-order valence-corrected chi connectivity index (χ0v) is 13.8. The molecule has 0 radical (unpaired) electrons. The van der Waals surface area contributed by atoms with Crippen molar-refractivity contribution in [3.8, 4) is 0 Å². The van der Waals surface area contributed by atoms with Crippen molar-refractivity contribution in [3.63, 3.8) is 0 Å². The van der Waals surface area contributed by atoms with Gasteiger partial charge in [-0.25, -0.2) is 0 Å². The van der Waals surface area contributed by atoms with Gasteiger partial charge >= 0.3 is 0 Å². The molecule has 1 aliphatic rings. The van der Waals surface area contributed by atoms with Crippen molar-refractivity contribution < 1.29 is 4.79 Å². The first-order chi connectivity index (χ1) is 9.76. The summed E-state index contributed by atoms with van der Waals surface area (Å²) in [5, 5.41) is 13.7. The largest absolute Gasteiger partial charge is 0.348 e. The summed E-state index contributed by atoms with van der Waals surface area (Å²) in [6.07, 6.45) is 6.43. The van der Waals surface area contributed by atoms with Crippen LogP contribution in [-0.2, 0) is 13.0 Å². The van der Waals surface area contributed by atoms with Crippen LogP contribution in [0.25, 0.3) is 0 Å². The SMILES string of the molecule is CCCCC(CCC)NC(=O)c1n[nH]c2c1CNCC2.Cl. The molecule has 5 nitrogen and oxygen atoms in total. The summed E-state index contributed by atoms with van der Waals surface area (Å²) in [5.74, 6) is -0.0271. The van der Waals surface area contributed by atoms with Crippen LogP contribution in [0.1, 0.15) is 67.7 Å². The molecule has 2 heterocycles. The summed E-state index contributed by atoms with van der Waals surface area (Å²) < 4.78 is 0. The fraction of sp³-hybridized carbons (Fsp3) is 0.733. The van der Waals surface area contributed by atoms with Crippen LogP contribution in [-0.4, -0.2) is 28.7 Å². The lowest BCUT2D eigenvalue weighted by atomic mass is 10.0. The van der Waals surface area contributed by atoms with Gasteiger partial charge in [0.1, 0.15) is 0 Å². The van der Waals surface area contributed by atoms with E-state index in [9.17, 15) is 4.79 Å². The van der Waals surface area contributed by atoms with Crippen LogP contribution in [0, 0.1) is 0 Å². The van der Waals surface area contributed by atoms with Gasteiger partial charge in [0, 0.05) is 36.8 Å². The standard InChI is InChI=1S/C15H26N4O.ClH/c1-3-5-7-11(6-4-2)17-15(20)14-12-10-16-9-8-13(12)18-19-14;/h11,16H,3-10H2,1-2H3,(H,17,20)(H,18,19);1H. The summed E-state index contributed by atoms with van der Waals surface area (Å²) in [6.45, 7) is 6.03. The van der Waals surface area contributed by atoms with Gasteiger partial charge in [0.25, 0.3) is 5.91 Å². The number of carbonyl (C=O) groups is 1. The number of hydrogen-bond donors (Lipinski definition) is 3. The summed E-state index contributed by atoms with van der Waals surface area (Å²) >= 11 is 0. The Labute approximate surface area is 133 Å². The number of nitrogens with zero attached hydrogens (tertiary/aromatic N) is 1. The van der Waals surface area contributed by atoms with Gasteiger partial charge in [0.05, 0.1) is 0 Å². The maximum absolute atomic E-state index is 12.4. The molecule has 1 aromatic rings. The Bertz CT molecular complexity index is 447. The topological polar surface area (TPSA) is 69.8 Å². The Morgan fingerprint density at radius 3 is 2.86 bits per heavy atom. The van der Waals surface area contributed by atoms with Gasteiger partial charge in [-0.1, -0.05) is 33.1 Å². The van der Waals surface area contributed by atoms with Gasteiger partial charge in [0.15, 0.2) is 5.69 Å². The predicted molar refractivity (Wildman–Crippen MR) is 86.9 cm³/mol. The van der Waals surface area contributed by atoms with Crippen molar-refractivity contribution in [2.45, 2.75) is 65.0 Å². The monoisotopic (exact) mass is 314 g/mol. The van der Waals surface area contributed by atoms with E-state index in [-0.39, 0.29) is 24.4 Å². The van der Waals surface area contributed by atoms with Gasteiger partial charge in [-0.15, -0.1) is 12.4 Å². The molecule has 2 rings (SSSR count). The van der Waals surface area contributed by atoms with E-state index in [1.165, 1.54) is 0 Å². The third-order valence-corrected chi connectivity index (χ3v) is 3.90. The van der Waals surface area contributed by atoms with Crippen LogP contribution in [0.3, 0.4) is 0 Å². The molecule has 0 fully saturated rings. The average Bonchev–Trinajstić information content (AvgIpc) is 2.89. The molecule has 1 unspecified atom stereocenters. The maximum Gasteiger partial charge on any atom is 0.272 e. The highest BCUT2D eigenvalue weighted by Gasteiger charge is 2.22. The molecule has 1 aromatic heterocycles. The fourth-order valence-electron chi connectivity index (χ4n) is 2.75. The minimum atomic E-state index is -0.0271. The second-order valence-corrected chi connectivity index (χ2v) is 5.56. The molecule has 3 N–H and O–H groups in total. The molecule has 0 bridgehead atoms. The van der Waals surface area contributed by atoms with Gasteiger partial charge < -0.3 is 10.6 Å². The molecule has 6 heteroatoms. The Balaban J connectivity index is 0.00000220. The summed E-state index contributed by atoms with van der Waals surface area (Å²) in [4.78, 5) is 12.4. The maximum atomic E-state index is 12.4. The van der Waals surface area contributed by atoms with Crippen molar-refractivity contribution in [2.75, 3.05) is 6.54 Å². The molecule has 21 heavy (non-hydrogen) atoms. The number of hydrogen-bond acceptors (Lipinski definition) is 3. The molecule has 1 atom stereocenters. The summed E-state index contributed by atoms with van der Waals surface area (Å²) in [6, 6.07) is 0.274. The number of aromatic nitrogens is 2. The molecular formula is C15H27ClN4O. The smallest absolute Gasteiger partial charge is 0.272 e. The van der Waals surface area contributed by atoms with Crippen LogP contribution in [0.15, 0.2) is 0 Å². The van der Waals surface area contributed by atoms with Gasteiger partial charge in [-0.2, -0.15) is 5.10 Å². The quantitative estimate of drug-likeness (QED) is 0.724. The Kier molecular flexibility index (Phi) is 7.75. The third kappa shape index (κ3) is 4.71. The first-order valence-corrected chi connectivity index (χ1v) is 7.83. The number of aromatic amines is 1. The Morgan fingerprint density at radius 2 is 2.14 bits per heavy atom. The highest BCUT2D eigenvalue weighted by Crippen LogP contribution is 2.16. The molecule has 1 amide bonds. The Morgan fingerprint density at radius 1 is 1.33 bits per heavy atom. The lowest BCUT2D eigenvalue weighted by molar-refractivity contribution is 0.0926. The lowest BCUT2D eigenvalue weighted by Crippen LogP contribution is -2.36. The highest BCUT2D eigenvalue weighted by atomic mass is 35.5. The van der Waals surface area contributed by atoms with Gasteiger partial charge in [0.2, 0.25) is 0 Å². The number of H-pyrrole nitrogens is 1. The third-order valence-electron chi connectivity index (χ3n) is 3.90. The minimum absolute atomic E-state index is 0. The number of carbonyl (C=O) groups excluding carboxylic acids is 1. The predicted octanol–water partition coefficient (Wildman–Crippen LogP) is 2.57. The average molecular weight is 315 g/mol. The second-order valence-electron chi connectivity index (χ2n) is 5.56. The lowest BCUT2D eigenvalue weighted by Gasteiger charge is -2.18. The number of nitrogens with one attached hydrogen (secondary N) is 3. The normalized spacial score (nSPS) is 15.0. The van der Waals surface area contributed by atoms with Crippen LogP contribution in [0.5, 0.6) is 0 Å². The number of amides is 1. The van der Waals surface area contributed by atoms with E-state index in [0.717, 1.165) is 62.9 Å². The molecular weight excluding hydrogens is 288 g/mol. The second kappa shape index (κ2) is 9.05. The van der Waals surface area contributed by atoms with E-state index < -0.39 is 0 Å². The zero-order valence-electron chi connectivity index (χ0n) is 13.0. The first-order valence-electron chi connectivity index (χ1n) is 7.83. The highest BCUT2D eigenvalue weighted by molar-refractivity contribution is 5.94. The molecule has 0 saturated heterocycles. The van der Waals surface area contributed by atoms with E-state index in [2.05, 4.69) is 34.7 Å². The van der Waals surface area contributed by atoms with Crippen molar-refractivity contribution >= 4 is 18.3 Å². The fourth-order valence-corrected chi connectivity index (χ4v) is 2.75. The van der Waals surface area contributed by atoms with Crippen molar-refractivity contribution in [1.29, 1.82) is 0 Å². The molecule has 0 aliphatic carbocycles. The van der Waals surface area contributed by atoms with Crippen molar-refractivity contribution in [1.82, 2.24) is 20.8 Å². The van der Waals surface area contributed by atoms with E-state index in [1.54, 1.807) is 0 Å². The summed E-state index contributed by atoms with van der Waals surface area (Å²) in [7, 11) is 0. The first kappa shape index (κ1) is 18.0. The summed E-state index contributed by atoms with van der Waals surface area (Å²) in [5.41, 5.74) is 2.72. The molecule has 1 aliphatic heterocycles. The molecule has 0 aromatic carbocycles. The number of halogens is 1. The number of rotatable bonds is 7. The van der Waals surface area contributed by atoms with E-state index >= 15 is 0 Å². The number of unbranched alkanes of at least 4 members (excludes halogenated alkanes) is 1. The van der Waals surface area contributed by atoms with Gasteiger partial charge in [-0.05, 0) is 12.8 Å². The van der Waals surface area contributed by atoms with E-state index in [0.29, 0.717) is 5.69 Å². The molecule has 120 valence electrons. The molecule has 0 saturated carbocycles. The molecule has 0 spiro atoms. The van der Waals surface area contributed by atoms with Crippen LogP contribution in [0.4, 0.5) is 0 Å². The van der Waals surface area contributed by atoms with E-state index in [1.807, 2.05) is 0 Å². The van der Waals surface area contributed by atoms with Gasteiger partial charge in [-0.3, -0.25) is 9.89 Å². The van der Waals surface area contributed by atoms with E-state index in [4.69, 9.17) is 0 Å². The number of fused-ring (bicyclic) bond motifs is 1. The Hall–Kier alpha value is -1.07. The minimum Gasteiger partial charge on any atom is -0.348 e. The zero-order chi connectivity index (χ0) is 14.4. The van der Waals surface area contributed by atoms with Crippen LogP contribution >= 0.6 is 12.4 Å². The van der Waals surface area contributed by atoms with Crippen molar-refractivity contribution in [3.05, 3.63) is 17.0 Å². The van der Waals surface area contributed by atoms with Crippen LogP contribution < -0.4 is 10.6 Å². The van der Waals surface area contributed by atoms with Crippen LogP contribution in [0.2, 0.25) is 0 Å². The van der Waals surface area contributed by atoms with Crippen molar-refractivity contribution in [2.24, 2.45) is 0 Å².